The van der Waals surface area contributed by atoms with Gasteiger partial charge in [-0.25, -0.2) is 4.79 Å². The SMILES string of the molecule is C=C=C(O/C(C)=C(\C)CCCOC(=O)N1CC(Cc2ccccc2)[C@@H](C(=O)OC)C1)C1=Cc2ccccc2CC1. The van der Waals surface area contributed by atoms with E-state index in [4.69, 9.17) is 14.2 Å². The summed E-state index contributed by atoms with van der Waals surface area (Å²) in [4.78, 5) is 26.8. The third-order valence-electron chi connectivity index (χ3n) is 7.82. The van der Waals surface area contributed by atoms with Crippen LogP contribution >= 0.6 is 0 Å². The number of hydrogen-bond donors (Lipinski definition) is 0. The van der Waals surface area contributed by atoms with E-state index in [1.807, 2.05) is 50.2 Å². The molecule has 0 radical (unpaired) electrons. The summed E-state index contributed by atoms with van der Waals surface area (Å²) in [6.45, 7) is 8.89. The lowest BCUT2D eigenvalue weighted by molar-refractivity contribution is -0.146. The minimum atomic E-state index is -0.388. The second kappa shape index (κ2) is 13.9. The maximum atomic E-state index is 12.8. The van der Waals surface area contributed by atoms with Crippen molar-refractivity contribution in [2.24, 2.45) is 11.8 Å². The Morgan fingerprint density at radius 2 is 1.77 bits per heavy atom. The Balaban J connectivity index is 1.26. The lowest BCUT2D eigenvalue weighted by Gasteiger charge is -2.19. The maximum Gasteiger partial charge on any atom is 0.409 e. The molecule has 1 unspecified atom stereocenters. The van der Waals surface area contributed by atoms with Gasteiger partial charge in [0.15, 0.2) is 5.76 Å². The summed E-state index contributed by atoms with van der Waals surface area (Å²) in [6.07, 6.45) is 5.72. The minimum absolute atomic E-state index is 0.00718. The van der Waals surface area contributed by atoms with Crippen LogP contribution in [0.15, 0.2) is 89.6 Å². The Morgan fingerprint density at radius 1 is 1.02 bits per heavy atom. The number of fused-ring (bicyclic) bond motifs is 1. The van der Waals surface area contributed by atoms with Crippen molar-refractivity contribution in [2.45, 2.75) is 46.0 Å². The Bertz CT molecular complexity index is 1320. The van der Waals surface area contributed by atoms with Crippen molar-refractivity contribution in [1.82, 2.24) is 4.90 Å². The largest absolute Gasteiger partial charge is 0.469 e. The summed E-state index contributed by atoms with van der Waals surface area (Å²) in [5, 5.41) is 0. The number of aryl methyl sites for hydroxylation is 1. The number of nitrogens with zero attached hydrogens (tertiary/aromatic N) is 1. The van der Waals surface area contributed by atoms with Crippen molar-refractivity contribution in [2.75, 3.05) is 26.8 Å². The Hall–Kier alpha value is -4.02. The zero-order chi connectivity index (χ0) is 28.5. The van der Waals surface area contributed by atoms with Crippen molar-refractivity contribution in [3.8, 4) is 0 Å². The fourth-order valence-electron chi connectivity index (χ4n) is 5.39. The van der Waals surface area contributed by atoms with E-state index in [1.54, 1.807) is 4.90 Å². The zero-order valence-electron chi connectivity index (χ0n) is 23.8. The van der Waals surface area contributed by atoms with E-state index >= 15 is 0 Å². The first-order chi connectivity index (χ1) is 19.4. The second-order valence-electron chi connectivity index (χ2n) is 10.5. The molecule has 2 aromatic carbocycles. The average molecular weight is 542 g/mol. The number of methoxy groups -OCH3 is 1. The summed E-state index contributed by atoms with van der Waals surface area (Å²) in [5.41, 5.74) is 8.83. The van der Waals surface area contributed by atoms with Gasteiger partial charge in [-0.05, 0) is 80.2 Å². The molecule has 0 N–H and O–H groups in total. The summed E-state index contributed by atoms with van der Waals surface area (Å²) in [5.74, 6) is 0.821. The highest BCUT2D eigenvalue weighted by Gasteiger charge is 2.40. The van der Waals surface area contributed by atoms with Crippen molar-refractivity contribution < 1.29 is 23.8 Å². The second-order valence-corrected chi connectivity index (χ2v) is 10.5. The first-order valence-electron chi connectivity index (χ1n) is 14.0. The summed E-state index contributed by atoms with van der Waals surface area (Å²) < 4.78 is 16.8. The van der Waals surface area contributed by atoms with Gasteiger partial charge in [-0.2, -0.15) is 0 Å². The number of carbonyl (C=O) groups excluding carboxylic acids is 2. The number of allylic oxidation sites excluding steroid dienone is 3. The molecular formula is C34H39NO5. The van der Waals surface area contributed by atoms with Gasteiger partial charge in [0.1, 0.15) is 5.76 Å². The van der Waals surface area contributed by atoms with Crippen LogP contribution in [0.25, 0.3) is 6.08 Å². The van der Waals surface area contributed by atoms with Crippen molar-refractivity contribution in [3.05, 3.63) is 106 Å². The highest BCUT2D eigenvalue weighted by atomic mass is 16.6. The maximum absolute atomic E-state index is 12.8. The molecule has 0 aromatic heterocycles. The zero-order valence-corrected chi connectivity index (χ0v) is 23.8. The van der Waals surface area contributed by atoms with Crippen LogP contribution in [0.4, 0.5) is 4.79 Å². The van der Waals surface area contributed by atoms with Crippen LogP contribution in [0.3, 0.4) is 0 Å². The van der Waals surface area contributed by atoms with Gasteiger partial charge >= 0.3 is 12.1 Å². The number of likely N-dealkylation sites (tertiary alicyclic amines) is 1. The van der Waals surface area contributed by atoms with E-state index in [1.165, 1.54) is 18.2 Å². The molecule has 6 heteroatoms. The van der Waals surface area contributed by atoms with Crippen molar-refractivity contribution >= 4 is 18.1 Å². The number of benzene rings is 2. The van der Waals surface area contributed by atoms with Gasteiger partial charge in [0, 0.05) is 18.7 Å². The van der Waals surface area contributed by atoms with Gasteiger partial charge in [-0.3, -0.25) is 4.79 Å². The van der Waals surface area contributed by atoms with Gasteiger partial charge < -0.3 is 19.1 Å². The van der Waals surface area contributed by atoms with Gasteiger partial charge in [-0.1, -0.05) is 66.9 Å². The Morgan fingerprint density at radius 3 is 2.52 bits per heavy atom. The lowest BCUT2D eigenvalue weighted by atomic mass is 9.90. The molecule has 40 heavy (non-hydrogen) atoms. The predicted molar refractivity (Wildman–Crippen MR) is 156 cm³/mol. The molecule has 1 saturated heterocycles. The Labute approximate surface area is 237 Å². The van der Waals surface area contributed by atoms with Gasteiger partial charge in [0.25, 0.3) is 0 Å². The first kappa shape index (κ1) is 29.0. The molecule has 2 aromatic rings. The quantitative estimate of drug-likeness (QED) is 0.142. The van der Waals surface area contributed by atoms with Gasteiger partial charge in [0.05, 0.1) is 19.6 Å². The van der Waals surface area contributed by atoms with E-state index < -0.39 is 0 Å². The van der Waals surface area contributed by atoms with Gasteiger partial charge in [-0.15, -0.1) is 0 Å². The number of esters is 1. The van der Waals surface area contributed by atoms with E-state index in [0.717, 1.165) is 41.7 Å². The van der Waals surface area contributed by atoms with E-state index in [9.17, 15) is 9.59 Å². The molecule has 0 saturated carbocycles. The third-order valence-corrected chi connectivity index (χ3v) is 7.82. The Kier molecular flexibility index (Phi) is 10.0. The number of rotatable bonds is 10. The molecule has 2 aliphatic rings. The molecule has 0 bridgehead atoms. The topological polar surface area (TPSA) is 65.1 Å². The van der Waals surface area contributed by atoms with Crippen LogP contribution < -0.4 is 0 Å². The molecule has 1 amide bonds. The van der Waals surface area contributed by atoms with E-state index in [2.05, 4.69) is 36.6 Å². The number of carbonyl (C=O) groups is 2. The molecule has 4 rings (SSSR count). The normalized spacial score (nSPS) is 18.6. The number of ether oxygens (including phenoxy) is 3. The molecule has 0 spiro atoms. The summed E-state index contributed by atoms with van der Waals surface area (Å²) in [7, 11) is 1.39. The van der Waals surface area contributed by atoms with E-state index in [0.29, 0.717) is 31.7 Å². The first-order valence-corrected chi connectivity index (χ1v) is 14.0. The number of hydrogen-bond acceptors (Lipinski definition) is 5. The molecule has 1 heterocycles. The minimum Gasteiger partial charge on any atom is -0.469 e. The highest BCUT2D eigenvalue weighted by Crippen LogP contribution is 2.31. The molecule has 1 aliphatic heterocycles. The molecule has 210 valence electrons. The lowest BCUT2D eigenvalue weighted by Crippen LogP contribution is -2.31. The van der Waals surface area contributed by atoms with Crippen LogP contribution in [0, 0.1) is 11.8 Å². The van der Waals surface area contributed by atoms with Gasteiger partial charge in [0.2, 0.25) is 0 Å². The van der Waals surface area contributed by atoms with Crippen molar-refractivity contribution in [1.29, 1.82) is 0 Å². The molecular weight excluding hydrogens is 502 g/mol. The van der Waals surface area contributed by atoms with Crippen LogP contribution in [-0.4, -0.2) is 43.8 Å². The standard InChI is InChI=1S/C34H39NO5/c1-5-32(29-18-17-27-15-9-10-16-28(27)21-29)40-25(3)24(2)12-11-19-39-34(37)35-22-30(31(23-35)33(36)38-4)20-26-13-7-6-8-14-26/h6-10,13-16,21,30-31H,1,11-12,17-20,22-23H2,2-4H3/b25-24+/t30?,31-/m0/s1. The summed E-state index contributed by atoms with van der Waals surface area (Å²) >= 11 is 0. The predicted octanol–water partition coefficient (Wildman–Crippen LogP) is 6.88. The molecule has 1 aliphatic carbocycles. The van der Waals surface area contributed by atoms with Crippen molar-refractivity contribution in [3.63, 3.8) is 0 Å². The third kappa shape index (κ3) is 7.34. The number of amides is 1. The van der Waals surface area contributed by atoms with Crippen LogP contribution in [0.2, 0.25) is 0 Å². The highest BCUT2D eigenvalue weighted by molar-refractivity contribution is 5.76. The average Bonchev–Trinajstić information content (AvgIpc) is 3.41. The smallest absolute Gasteiger partial charge is 0.409 e. The monoisotopic (exact) mass is 541 g/mol. The summed E-state index contributed by atoms with van der Waals surface area (Å²) in [6, 6.07) is 18.4. The molecule has 2 atom stereocenters. The molecule has 1 fully saturated rings. The van der Waals surface area contributed by atoms with Crippen LogP contribution in [0.5, 0.6) is 0 Å². The fourth-order valence-corrected chi connectivity index (χ4v) is 5.39. The van der Waals surface area contributed by atoms with Crippen LogP contribution in [-0.2, 0) is 31.8 Å². The molecule has 6 nitrogen and oxygen atoms in total. The fraction of sp³-hybridized carbons (Fsp3) is 0.382. The van der Waals surface area contributed by atoms with E-state index in [-0.39, 0.29) is 30.5 Å². The van der Waals surface area contributed by atoms with Crippen LogP contribution in [0.1, 0.15) is 49.8 Å².